The number of aryl methyl sites for hydroxylation is 5. The van der Waals surface area contributed by atoms with Gasteiger partial charge in [0, 0.05) is 156 Å². The fourth-order valence-corrected chi connectivity index (χ4v) is 18.4. The Hall–Kier alpha value is -14.7. The van der Waals surface area contributed by atoms with Gasteiger partial charge in [0.15, 0.2) is 23.9 Å². The highest BCUT2D eigenvalue weighted by molar-refractivity contribution is 7.72. The molecule has 15 aromatic rings. The van der Waals surface area contributed by atoms with Gasteiger partial charge in [0.1, 0.15) is 86.2 Å². The Bertz CT molecular complexity index is 7200. The average Bonchev–Trinajstić information content (AvgIpc) is 1.55. The Morgan fingerprint density at radius 1 is 0.285 bits per heavy atom. The minimum Gasteiger partial charge on any atom is -0.508 e. The fraction of sp³-hybridized carbons (Fsp3) is 0.312. The summed E-state index contributed by atoms with van der Waals surface area (Å²) in [4.78, 5) is 26.1. The van der Waals surface area contributed by atoms with E-state index in [0.717, 1.165) is 157 Å². The van der Waals surface area contributed by atoms with E-state index < -0.39 is 0 Å². The number of aromatic nitrogens is 10. The molecule has 0 saturated carbocycles. The number of hydrogen-bond acceptors (Lipinski definition) is 25. The van der Waals surface area contributed by atoms with Crippen LogP contribution in [0.2, 0.25) is 0 Å². The topological polar surface area (TPSA) is 368 Å². The Balaban J connectivity index is 0.000000172. The third-order valence-corrected chi connectivity index (χ3v) is 26.8. The molecule has 15 N–H and O–H groups in total. The number of aromatic hydroxyl groups is 10. The number of phenols is 10. The highest BCUT2D eigenvalue weighted by Gasteiger charge is 2.27. The van der Waals surface area contributed by atoms with Crippen molar-refractivity contribution in [2.45, 2.75) is 141 Å². The molecule has 30 nitrogen and oxygen atoms in total. The van der Waals surface area contributed by atoms with Crippen molar-refractivity contribution in [2.75, 3.05) is 114 Å². The number of rotatable bonds is 32. The van der Waals surface area contributed by atoms with E-state index in [1.54, 1.807) is 96.9 Å². The van der Waals surface area contributed by atoms with Gasteiger partial charge >= 0.3 is 0 Å². The molecule has 15 rings (SSSR count). The van der Waals surface area contributed by atoms with Crippen LogP contribution < -0.4 is 48.2 Å². The van der Waals surface area contributed by atoms with Crippen molar-refractivity contribution in [2.24, 2.45) is 0 Å². The summed E-state index contributed by atoms with van der Waals surface area (Å²) < 4.78 is 39.6. The van der Waals surface area contributed by atoms with Crippen LogP contribution in [0.3, 0.4) is 0 Å². The number of phenolic OH excluding ortho intramolecular Hbond substituents is 10. The molecule has 0 spiro atoms. The van der Waals surface area contributed by atoms with Gasteiger partial charge in [-0.15, -0.1) is 0 Å². The number of methoxy groups -OCH3 is 5. The van der Waals surface area contributed by atoms with Crippen LogP contribution in [0.25, 0.3) is 84.7 Å². The number of nitrogens with zero attached hydrogens (tertiary/aromatic N) is 10. The molecule has 0 saturated heterocycles. The van der Waals surface area contributed by atoms with E-state index >= 15 is 0 Å². The van der Waals surface area contributed by atoms with Crippen molar-refractivity contribution in [1.29, 1.82) is 0 Å². The van der Waals surface area contributed by atoms with E-state index in [2.05, 4.69) is 106 Å². The first-order chi connectivity index (χ1) is 68.8. The number of nitrogens with one attached hydrogen (secondary N) is 5. The Morgan fingerprint density at radius 3 is 0.757 bits per heavy atom. The van der Waals surface area contributed by atoms with Crippen LogP contribution in [0, 0.1) is 23.9 Å². The van der Waals surface area contributed by atoms with E-state index in [-0.39, 0.29) is 63.5 Å². The minimum atomic E-state index is -0.00575. The fourth-order valence-electron chi connectivity index (χ4n) is 17.1. The highest BCUT2D eigenvalue weighted by atomic mass is 32.1. The molecule has 0 radical (unpaired) electrons. The molecule has 0 unspecified atom stereocenters. The Kier molecular flexibility index (Phi) is 37.3. The lowest BCUT2D eigenvalue weighted by atomic mass is 10.0. The lowest BCUT2D eigenvalue weighted by Gasteiger charge is -2.30. The predicted molar refractivity (Wildman–Crippen MR) is 591 cm³/mol. The SMILES string of the molecule is CCCN(c1cc(-n2c(-c3cc(CC)c(O)cc3O)c[nH]c2=S)ccc1OC)C(C)C.CCc1cc(-c2c[nH]c(=S)n2-c2ccc(OC)c(N(C)C(C)C)c2)c(O)cc1O.CCc1cc(-c2c[nH]c(=S)n2-c2ccc(OC)c(N(C)C)c2)c(O)cc1O.CCc1cc(-c2c[nH]c(=S)n2-c2ccc(OC)c(N(C)CC)c2)c(O)cc1O.CCc1cc(-c2c[nH]c(=S)n2-c2ccc(OC)c(N(CC)CC)c2)c(O)cc1O. The summed E-state index contributed by atoms with van der Waals surface area (Å²) >= 11 is 27.7. The third-order valence-electron chi connectivity index (χ3n) is 25.3. The molecule has 0 aliphatic carbocycles. The zero-order chi connectivity index (χ0) is 105. The number of H-pyrrole nitrogens is 5. The molecule has 35 heteroatoms. The van der Waals surface area contributed by atoms with Gasteiger partial charge in [-0.05, 0) is 297 Å². The normalized spacial score (nSPS) is 11.0. The van der Waals surface area contributed by atoms with E-state index in [1.807, 2.05) is 175 Å². The number of hydrogen-bond donors (Lipinski definition) is 15. The van der Waals surface area contributed by atoms with Gasteiger partial charge in [0.05, 0.1) is 121 Å². The van der Waals surface area contributed by atoms with Crippen LogP contribution in [0.15, 0.2) is 183 Å². The zero-order valence-electron chi connectivity index (χ0n) is 85.6. The highest BCUT2D eigenvalue weighted by Crippen LogP contribution is 2.46. The maximum absolute atomic E-state index is 10.6. The lowest BCUT2D eigenvalue weighted by Crippen LogP contribution is -2.31. The molecule has 144 heavy (non-hydrogen) atoms. The van der Waals surface area contributed by atoms with Crippen molar-refractivity contribution in [3.63, 3.8) is 0 Å². The van der Waals surface area contributed by atoms with Crippen LogP contribution in [0.4, 0.5) is 28.4 Å². The first-order valence-electron chi connectivity index (χ1n) is 47.7. The maximum Gasteiger partial charge on any atom is 0.182 e. The number of aromatic amines is 5. The smallest absolute Gasteiger partial charge is 0.182 e. The number of benzene rings is 10. The third kappa shape index (κ3) is 23.8. The van der Waals surface area contributed by atoms with Crippen LogP contribution in [-0.4, -0.2) is 201 Å². The molecule has 0 atom stereocenters. The van der Waals surface area contributed by atoms with Crippen LogP contribution in [0.1, 0.15) is 124 Å². The van der Waals surface area contributed by atoms with E-state index in [9.17, 15) is 51.1 Å². The second-order valence-electron chi connectivity index (χ2n) is 34.7. The van der Waals surface area contributed by atoms with Crippen molar-refractivity contribution in [1.82, 2.24) is 47.8 Å². The van der Waals surface area contributed by atoms with Crippen LogP contribution in [0.5, 0.6) is 86.2 Å². The van der Waals surface area contributed by atoms with E-state index in [4.69, 9.17) is 84.8 Å². The molecule has 0 bridgehead atoms. The maximum atomic E-state index is 10.6. The number of ether oxygens (including phenoxy) is 5. The molecule has 0 fully saturated rings. The summed E-state index contributed by atoms with van der Waals surface area (Å²) in [5.74, 6) is 4.31. The molecule has 10 aromatic carbocycles. The van der Waals surface area contributed by atoms with E-state index in [1.165, 1.54) is 30.3 Å². The molecule has 0 aliphatic rings. The summed E-state index contributed by atoms with van der Waals surface area (Å²) in [6, 6.07) is 45.8. The molecule has 0 aliphatic heterocycles. The molecule has 0 amide bonds. The Labute approximate surface area is 866 Å². The predicted octanol–water partition coefficient (Wildman–Crippen LogP) is 24.8. The van der Waals surface area contributed by atoms with Crippen LogP contribution >= 0.6 is 61.1 Å². The van der Waals surface area contributed by atoms with Gasteiger partial charge < -0.3 is 124 Å². The minimum absolute atomic E-state index is 0.0000666. The second-order valence-corrected chi connectivity index (χ2v) is 36.6. The van der Waals surface area contributed by atoms with Gasteiger partial charge in [-0.25, -0.2) is 0 Å². The number of imidazole rings is 5. The summed E-state index contributed by atoms with van der Waals surface area (Å²) in [6.45, 7) is 30.2. The first-order valence-corrected chi connectivity index (χ1v) is 49.7. The average molecular weight is 2050 g/mol. The van der Waals surface area contributed by atoms with Gasteiger partial charge in [-0.2, -0.15) is 0 Å². The van der Waals surface area contributed by atoms with E-state index in [0.29, 0.717) is 107 Å². The number of anilines is 5. The van der Waals surface area contributed by atoms with Gasteiger partial charge in [-0.3, -0.25) is 22.8 Å². The molecule has 5 heterocycles. The monoisotopic (exact) mass is 2050 g/mol. The van der Waals surface area contributed by atoms with Crippen molar-refractivity contribution in [3.05, 3.63) is 234 Å². The lowest BCUT2D eigenvalue weighted by molar-refractivity contribution is 0.413. The van der Waals surface area contributed by atoms with Gasteiger partial charge in [-0.1, -0.05) is 41.5 Å². The van der Waals surface area contributed by atoms with Crippen LogP contribution in [-0.2, 0) is 32.1 Å². The Morgan fingerprint density at radius 2 is 0.521 bits per heavy atom. The molecular weight excluding hydrogens is 1920 g/mol. The zero-order valence-corrected chi connectivity index (χ0v) is 89.7. The molecular formula is C109H133N15O15S5. The summed E-state index contributed by atoms with van der Waals surface area (Å²) in [7, 11) is 16.2. The standard InChI is InChI=1S/C24H31N3O3S.2C22H27N3O3S.C21H25N3O3S.C20H23N3O3S/c1-6-10-26(15(3)4)19-12-17(8-9-23(19)30-5)27-20(14-25-24(27)31)18-11-16(7-2)21(28)13-22(18)29;1-6-14-9-16(20(27)11-19(14)26)18-12-23-22(29)25(18)15-7-8-21(28-5)17(10-15)24(4)13(2)3;1-5-14-10-16(20(27)12-19(14)26)18-13-23-22(29)25(18)15-8-9-21(28-4)17(11-15)24(6-2)7-3;1-5-13-9-15(19(26)11-18(13)25)17-12-22-21(28)24(17)14-7-8-20(27-4)16(10-14)23(3)6-2;1-5-12-8-14(18(25)10-17(12)24)16-11-21-20(27)23(16)13-6-7-19(26-4)15(9-13)22(2)3/h8-9,11-15,28-29H,6-7,10H2,1-5H3,(H,25,31);7-13,26-27H,6H2,1-5H3,(H,23,29);8-13,26-27H,5-7H2,1-4H3,(H,23,29);7-12,25-26H,5-6H2,1-4H3,(H,22,28);6-11,24-25H,5H2,1-4H3,(H,21,27). The van der Waals surface area contributed by atoms with Gasteiger partial charge in [0.25, 0.3) is 0 Å². The molecule has 764 valence electrons. The summed E-state index contributed by atoms with van der Waals surface area (Å²) in [5.41, 5.74) is 19.4. The van der Waals surface area contributed by atoms with Crippen molar-refractivity contribution >= 4 is 89.5 Å². The molecule has 5 aromatic heterocycles. The van der Waals surface area contributed by atoms with Gasteiger partial charge in [0.2, 0.25) is 0 Å². The summed E-state index contributed by atoms with van der Waals surface area (Å²) in [5, 5.41) is 103. The first kappa shape index (κ1) is 110. The largest absolute Gasteiger partial charge is 0.508 e. The second kappa shape index (κ2) is 48.9. The quantitative estimate of drug-likeness (QED) is 0.0174. The van der Waals surface area contributed by atoms with Crippen molar-refractivity contribution in [3.8, 4) is 171 Å². The van der Waals surface area contributed by atoms with Crippen molar-refractivity contribution < 1.29 is 74.7 Å². The summed E-state index contributed by atoms with van der Waals surface area (Å²) in [6.07, 6.45) is 13.1.